The number of rotatable bonds is 6. The normalized spacial score (nSPS) is 12.4. The monoisotopic (exact) mass is 228 g/mol. The van der Waals surface area contributed by atoms with Crippen molar-refractivity contribution in [2.45, 2.75) is 25.8 Å². The summed E-state index contributed by atoms with van der Waals surface area (Å²) in [6.45, 7) is 2.01. The van der Waals surface area contributed by atoms with Gasteiger partial charge in [-0.1, -0.05) is 6.92 Å². The third kappa shape index (κ3) is 2.69. The van der Waals surface area contributed by atoms with Crippen LogP contribution in [0.1, 0.15) is 19.8 Å². The number of anilines is 1. The maximum absolute atomic E-state index is 10.7. The van der Waals surface area contributed by atoms with Crippen molar-refractivity contribution in [1.29, 1.82) is 0 Å². The average Bonchev–Trinajstić information content (AvgIpc) is 2.60. The Hall–Kier alpha value is -1.63. The molecule has 1 aromatic rings. The van der Waals surface area contributed by atoms with Gasteiger partial charge in [-0.3, -0.25) is 4.57 Å². The zero-order valence-corrected chi connectivity index (χ0v) is 9.38. The van der Waals surface area contributed by atoms with Gasteiger partial charge in [-0.15, -0.1) is 0 Å². The number of aliphatic hydroxyl groups excluding tert-OH is 1. The SMILES string of the molecule is CCC(CCO)Nc1c([N+](=O)[O-])ncn1C. The Labute approximate surface area is 93.3 Å². The Morgan fingerprint density at radius 3 is 2.94 bits per heavy atom. The first-order valence-electron chi connectivity index (χ1n) is 5.13. The largest absolute Gasteiger partial charge is 0.406 e. The van der Waals surface area contributed by atoms with Crippen LogP contribution in [0.15, 0.2) is 6.33 Å². The first-order valence-corrected chi connectivity index (χ1v) is 5.13. The van der Waals surface area contributed by atoms with Crippen LogP contribution >= 0.6 is 0 Å². The van der Waals surface area contributed by atoms with Crippen molar-refractivity contribution in [3.05, 3.63) is 16.4 Å². The fraction of sp³-hybridized carbons (Fsp3) is 0.667. The molecule has 0 amide bonds. The van der Waals surface area contributed by atoms with E-state index in [2.05, 4.69) is 10.3 Å². The van der Waals surface area contributed by atoms with Crippen molar-refractivity contribution in [1.82, 2.24) is 9.55 Å². The number of nitrogens with one attached hydrogen (secondary N) is 1. The van der Waals surface area contributed by atoms with Gasteiger partial charge < -0.3 is 20.5 Å². The van der Waals surface area contributed by atoms with E-state index in [0.717, 1.165) is 6.42 Å². The van der Waals surface area contributed by atoms with Crippen LogP contribution in [0.3, 0.4) is 0 Å². The van der Waals surface area contributed by atoms with E-state index < -0.39 is 4.92 Å². The second-order valence-electron chi connectivity index (χ2n) is 3.55. The fourth-order valence-corrected chi connectivity index (χ4v) is 1.45. The van der Waals surface area contributed by atoms with E-state index in [1.807, 2.05) is 6.92 Å². The molecule has 2 N–H and O–H groups in total. The zero-order chi connectivity index (χ0) is 12.1. The van der Waals surface area contributed by atoms with Crippen LogP contribution in [0.2, 0.25) is 0 Å². The molecule has 0 saturated heterocycles. The van der Waals surface area contributed by atoms with Crippen LogP contribution in [0.4, 0.5) is 11.6 Å². The second kappa shape index (κ2) is 5.45. The molecule has 0 saturated carbocycles. The molecule has 0 spiro atoms. The van der Waals surface area contributed by atoms with Gasteiger partial charge in [-0.05, 0) is 22.7 Å². The summed E-state index contributed by atoms with van der Waals surface area (Å²) in [7, 11) is 1.69. The molecule has 1 rings (SSSR count). The van der Waals surface area contributed by atoms with Gasteiger partial charge in [0.2, 0.25) is 12.1 Å². The highest BCUT2D eigenvalue weighted by Crippen LogP contribution is 2.22. The van der Waals surface area contributed by atoms with Crippen molar-refractivity contribution in [3.8, 4) is 0 Å². The molecular weight excluding hydrogens is 212 g/mol. The van der Waals surface area contributed by atoms with Crippen molar-refractivity contribution in [2.75, 3.05) is 11.9 Å². The van der Waals surface area contributed by atoms with Gasteiger partial charge >= 0.3 is 5.82 Å². The number of hydrogen-bond acceptors (Lipinski definition) is 5. The molecule has 0 bridgehead atoms. The molecule has 0 fully saturated rings. The summed E-state index contributed by atoms with van der Waals surface area (Å²) in [6, 6.07) is 0.0131. The Morgan fingerprint density at radius 1 is 1.75 bits per heavy atom. The molecule has 0 aliphatic carbocycles. The number of nitro groups is 1. The number of imidazole rings is 1. The molecule has 0 aliphatic heterocycles. The first-order chi connectivity index (χ1) is 7.60. The summed E-state index contributed by atoms with van der Waals surface area (Å²) in [5.74, 6) is 0.198. The molecule has 0 aromatic carbocycles. The van der Waals surface area contributed by atoms with Crippen molar-refractivity contribution >= 4 is 11.6 Å². The number of aryl methyl sites for hydroxylation is 1. The van der Waals surface area contributed by atoms with E-state index in [0.29, 0.717) is 12.2 Å². The topological polar surface area (TPSA) is 93.2 Å². The van der Waals surface area contributed by atoms with E-state index in [9.17, 15) is 10.1 Å². The second-order valence-corrected chi connectivity index (χ2v) is 3.55. The van der Waals surface area contributed by atoms with Crippen LogP contribution in [-0.4, -0.2) is 32.2 Å². The molecule has 1 atom stereocenters. The first kappa shape index (κ1) is 12.4. The molecule has 1 unspecified atom stereocenters. The minimum absolute atomic E-state index is 0.0131. The summed E-state index contributed by atoms with van der Waals surface area (Å²) in [5.41, 5.74) is 0. The predicted octanol–water partition coefficient (Wildman–Crippen LogP) is 0.901. The predicted molar refractivity (Wildman–Crippen MR) is 59.3 cm³/mol. The molecular formula is C9H16N4O3. The molecule has 0 aliphatic rings. The van der Waals surface area contributed by atoms with E-state index in [-0.39, 0.29) is 18.5 Å². The summed E-state index contributed by atoms with van der Waals surface area (Å²) < 4.78 is 1.57. The lowest BCUT2D eigenvalue weighted by molar-refractivity contribution is -0.388. The van der Waals surface area contributed by atoms with Gasteiger partial charge in [-0.25, -0.2) is 0 Å². The molecule has 16 heavy (non-hydrogen) atoms. The number of aliphatic hydroxyl groups is 1. The highest BCUT2D eigenvalue weighted by molar-refractivity contribution is 5.52. The van der Waals surface area contributed by atoms with Crippen molar-refractivity contribution in [3.63, 3.8) is 0 Å². The van der Waals surface area contributed by atoms with E-state index in [1.165, 1.54) is 6.33 Å². The van der Waals surface area contributed by atoms with E-state index in [1.54, 1.807) is 11.6 Å². The number of hydrogen-bond donors (Lipinski definition) is 2. The molecule has 7 nitrogen and oxygen atoms in total. The smallest absolute Gasteiger partial charge is 0.396 e. The van der Waals surface area contributed by atoms with Crippen LogP contribution in [0.25, 0.3) is 0 Å². The van der Waals surface area contributed by atoms with Gasteiger partial charge in [0.15, 0.2) is 0 Å². The van der Waals surface area contributed by atoms with Gasteiger partial charge in [0, 0.05) is 19.7 Å². The van der Waals surface area contributed by atoms with E-state index >= 15 is 0 Å². The summed E-state index contributed by atoms with van der Waals surface area (Å²) >= 11 is 0. The highest BCUT2D eigenvalue weighted by atomic mass is 16.6. The third-order valence-corrected chi connectivity index (χ3v) is 2.40. The summed E-state index contributed by atoms with van der Waals surface area (Å²) in [5, 5.41) is 22.6. The van der Waals surface area contributed by atoms with Crippen LogP contribution in [0.5, 0.6) is 0 Å². The summed E-state index contributed by atoms with van der Waals surface area (Å²) in [4.78, 5) is 13.9. The lowest BCUT2D eigenvalue weighted by Gasteiger charge is -2.16. The Balaban J connectivity index is 2.85. The maximum atomic E-state index is 10.7. The lowest BCUT2D eigenvalue weighted by Crippen LogP contribution is -2.21. The lowest BCUT2D eigenvalue weighted by atomic mass is 10.1. The molecule has 1 aromatic heterocycles. The van der Waals surface area contributed by atoms with Gasteiger partial charge in [0.25, 0.3) is 0 Å². The van der Waals surface area contributed by atoms with E-state index in [4.69, 9.17) is 5.11 Å². The molecule has 90 valence electrons. The molecule has 7 heteroatoms. The standard InChI is InChI=1S/C9H16N4O3/c1-3-7(4-5-14)11-9-8(13(15)16)10-6-12(9)2/h6-7,11,14H,3-5H2,1-2H3. The van der Waals surface area contributed by atoms with Crippen LogP contribution < -0.4 is 5.32 Å². The van der Waals surface area contributed by atoms with Crippen LogP contribution in [-0.2, 0) is 7.05 Å². The number of nitrogens with zero attached hydrogens (tertiary/aromatic N) is 3. The Morgan fingerprint density at radius 2 is 2.44 bits per heavy atom. The Bertz CT molecular complexity index is 364. The third-order valence-electron chi connectivity index (χ3n) is 2.40. The van der Waals surface area contributed by atoms with Crippen molar-refractivity contribution in [2.24, 2.45) is 7.05 Å². The average molecular weight is 228 g/mol. The molecule has 1 heterocycles. The molecule has 0 radical (unpaired) electrons. The quantitative estimate of drug-likeness (QED) is 0.557. The zero-order valence-electron chi connectivity index (χ0n) is 9.38. The van der Waals surface area contributed by atoms with Gasteiger partial charge in [0.05, 0.1) is 0 Å². The van der Waals surface area contributed by atoms with Crippen LogP contribution in [0, 0.1) is 10.1 Å². The fourth-order valence-electron chi connectivity index (χ4n) is 1.45. The van der Waals surface area contributed by atoms with Gasteiger partial charge in [0.1, 0.15) is 0 Å². The Kier molecular flexibility index (Phi) is 4.24. The van der Waals surface area contributed by atoms with Gasteiger partial charge in [-0.2, -0.15) is 0 Å². The summed E-state index contributed by atoms with van der Waals surface area (Å²) in [6.07, 6.45) is 2.73. The minimum atomic E-state index is -0.520. The van der Waals surface area contributed by atoms with Crippen molar-refractivity contribution < 1.29 is 10.0 Å². The number of aromatic nitrogens is 2. The highest BCUT2D eigenvalue weighted by Gasteiger charge is 2.21. The maximum Gasteiger partial charge on any atom is 0.406 e. The minimum Gasteiger partial charge on any atom is -0.396 e.